The summed E-state index contributed by atoms with van der Waals surface area (Å²) in [6.07, 6.45) is 5.77. The van der Waals surface area contributed by atoms with Crippen molar-refractivity contribution in [3.8, 4) is 0 Å². The Morgan fingerprint density at radius 2 is 1.82 bits per heavy atom. The van der Waals surface area contributed by atoms with E-state index in [1.54, 1.807) is 0 Å². The molecule has 0 amide bonds. The number of hydrogen-bond acceptors (Lipinski definition) is 4. The molecule has 17 heavy (non-hydrogen) atoms. The van der Waals surface area contributed by atoms with Crippen molar-refractivity contribution in [1.82, 2.24) is 10.2 Å². The summed E-state index contributed by atoms with van der Waals surface area (Å²) >= 11 is 0. The first-order chi connectivity index (χ1) is 8.14. The van der Waals surface area contributed by atoms with Gasteiger partial charge < -0.3 is 10.2 Å². The fourth-order valence-electron chi connectivity index (χ4n) is 2.20. The van der Waals surface area contributed by atoms with E-state index >= 15 is 0 Å². The molecule has 0 bridgehead atoms. The van der Waals surface area contributed by atoms with Gasteiger partial charge in [0.05, 0.1) is 11.5 Å². The first kappa shape index (κ1) is 14.9. The average Bonchev–Trinajstić information content (AvgIpc) is 2.45. The van der Waals surface area contributed by atoms with Crippen molar-refractivity contribution in [2.24, 2.45) is 0 Å². The lowest BCUT2D eigenvalue weighted by Gasteiger charge is -2.18. The Labute approximate surface area is 106 Å². The highest BCUT2D eigenvalue weighted by Crippen LogP contribution is 2.07. The Balaban J connectivity index is 2.07. The molecule has 102 valence electrons. The zero-order valence-electron chi connectivity index (χ0n) is 11.0. The van der Waals surface area contributed by atoms with Crippen molar-refractivity contribution in [3.63, 3.8) is 0 Å². The number of nitrogens with one attached hydrogen (secondary N) is 1. The van der Waals surface area contributed by atoms with Crippen molar-refractivity contribution in [2.45, 2.75) is 32.1 Å². The summed E-state index contributed by atoms with van der Waals surface area (Å²) in [5.74, 6) is 0.735. The van der Waals surface area contributed by atoms with Gasteiger partial charge in [-0.1, -0.05) is 12.8 Å². The van der Waals surface area contributed by atoms with Crippen molar-refractivity contribution >= 4 is 9.84 Å². The Morgan fingerprint density at radius 3 is 2.59 bits per heavy atom. The van der Waals surface area contributed by atoms with E-state index in [-0.39, 0.29) is 0 Å². The smallest absolute Gasteiger partial charge is 0.151 e. The first-order valence-corrected chi connectivity index (χ1v) is 8.53. The highest BCUT2D eigenvalue weighted by molar-refractivity contribution is 7.91. The summed E-state index contributed by atoms with van der Waals surface area (Å²) in [5, 5.41) is 3.15. The van der Waals surface area contributed by atoms with Gasteiger partial charge in [0, 0.05) is 6.54 Å². The maximum atomic E-state index is 11.4. The second-order valence-corrected chi connectivity index (χ2v) is 7.17. The highest BCUT2D eigenvalue weighted by atomic mass is 32.2. The number of unbranched alkanes of at least 4 members (excludes halogenated alkanes) is 3. The Morgan fingerprint density at radius 1 is 1.06 bits per heavy atom. The van der Waals surface area contributed by atoms with Gasteiger partial charge >= 0.3 is 0 Å². The summed E-state index contributed by atoms with van der Waals surface area (Å²) in [5.41, 5.74) is 0. The lowest BCUT2D eigenvalue weighted by atomic mass is 10.2. The fraction of sp³-hybridized carbons (Fsp3) is 1.00. The Hall–Kier alpha value is -0.130. The van der Waals surface area contributed by atoms with Gasteiger partial charge in [-0.15, -0.1) is 0 Å². The summed E-state index contributed by atoms with van der Waals surface area (Å²) in [7, 11) is -0.761. The third-order valence-corrected chi connectivity index (χ3v) is 5.01. The maximum Gasteiger partial charge on any atom is 0.151 e. The monoisotopic (exact) mass is 262 g/mol. The summed E-state index contributed by atoms with van der Waals surface area (Å²) in [6, 6.07) is 0. The molecule has 4 nitrogen and oxygen atoms in total. The van der Waals surface area contributed by atoms with Gasteiger partial charge in [0.15, 0.2) is 9.84 Å². The molecule has 0 aromatic heterocycles. The molecular formula is C12H26N2O2S. The van der Waals surface area contributed by atoms with Crippen LogP contribution in [0.2, 0.25) is 0 Å². The van der Waals surface area contributed by atoms with Gasteiger partial charge in [-0.05, 0) is 45.9 Å². The fourth-order valence-corrected chi connectivity index (χ4v) is 3.51. The van der Waals surface area contributed by atoms with Crippen LogP contribution >= 0.6 is 0 Å². The SMILES string of the molecule is CNCCCCCCN1CCCS(=O)(=O)CC1. The highest BCUT2D eigenvalue weighted by Gasteiger charge is 2.18. The zero-order valence-corrected chi connectivity index (χ0v) is 11.8. The molecule has 0 atom stereocenters. The summed E-state index contributed by atoms with van der Waals surface area (Å²) in [6.45, 7) is 3.85. The van der Waals surface area contributed by atoms with Crippen molar-refractivity contribution in [3.05, 3.63) is 0 Å². The van der Waals surface area contributed by atoms with Crippen LogP contribution in [-0.2, 0) is 9.84 Å². The summed E-state index contributed by atoms with van der Waals surface area (Å²) in [4.78, 5) is 2.31. The minimum atomic E-state index is -2.74. The van der Waals surface area contributed by atoms with E-state index in [4.69, 9.17) is 0 Å². The van der Waals surface area contributed by atoms with E-state index in [2.05, 4.69) is 10.2 Å². The molecular weight excluding hydrogens is 236 g/mol. The van der Waals surface area contributed by atoms with Gasteiger partial charge in [0.2, 0.25) is 0 Å². The summed E-state index contributed by atoms with van der Waals surface area (Å²) < 4.78 is 22.9. The van der Waals surface area contributed by atoms with Crippen molar-refractivity contribution in [2.75, 3.05) is 44.7 Å². The largest absolute Gasteiger partial charge is 0.320 e. The van der Waals surface area contributed by atoms with Gasteiger partial charge in [0.25, 0.3) is 0 Å². The third kappa shape index (κ3) is 7.01. The molecule has 0 saturated carbocycles. The van der Waals surface area contributed by atoms with E-state index in [9.17, 15) is 8.42 Å². The predicted molar refractivity (Wildman–Crippen MR) is 72.1 cm³/mol. The normalized spacial score (nSPS) is 21.2. The van der Waals surface area contributed by atoms with E-state index in [0.717, 1.165) is 32.6 Å². The molecule has 0 aliphatic carbocycles. The lowest BCUT2D eigenvalue weighted by molar-refractivity contribution is 0.287. The molecule has 0 unspecified atom stereocenters. The number of rotatable bonds is 7. The predicted octanol–water partition coefficient (Wildman–Crippen LogP) is 0.887. The van der Waals surface area contributed by atoms with Gasteiger partial charge in [-0.3, -0.25) is 0 Å². The van der Waals surface area contributed by atoms with E-state index in [1.165, 1.54) is 25.7 Å². The molecule has 5 heteroatoms. The molecule has 1 aliphatic heterocycles. The van der Waals surface area contributed by atoms with Crippen LogP contribution in [0.3, 0.4) is 0 Å². The number of hydrogen-bond donors (Lipinski definition) is 1. The molecule has 1 saturated heterocycles. The molecule has 1 heterocycles. The Bertz CT molecular complexity index is 291. The Kier molecular flexibility index (Phi) is 7.08. The standard InChI is InChI=1S/C12H26N2O2S/c1-13-7-4-2-3-5-8-14-9-6-11-17(15,16)12-10-14/h13H,2-12H2,1H3. The molecule has 1 rings (SSSR count). The minimum Gasteiger partial charge on any atom is -0.320 e. The van der Waals surface area contributed by atoms with E-state index < -0.39 is 9.84 Å². The molecule has 0 aromatic rings. The molecule has 1 aliphatic rings. The molecule has 1 fully saturated rings. The van der Waals surface area contributed by atoms with E-state index in [0.29, 0.717) is 11.5 Å². The van der Waals surface area contributed by atoms with Gasteiger partial charge in [-0.25, -0.2) is 8.42 Å². The average molecular weight is 262 g/mol. The lowest BCUT2D eigenvalue weighted by Crippen LogP contribution is -2.28. The molecule has 0 aromatic carbocycles. The quantitative estimate of drug-likeness (QED) is 0.692. The van der Waals surface area contributed by atoms with Crippen molar-refractivity contribution < 1.29 is 8.42 Å². The maximum absolute atomic E-state index is 11.4. The zero-order chi connectivity index (χ0) is 12.6. The van der Waals surface area contributed by atoms with Gasteiger partial charge in [-0.2, -0.15) is 0 Å². The second kappa shape index (κ2) is 8.06. The van der Waals surface area contributed by atoms with Crippen LogP contribution in [0.1, 0.15) is 32.1 Å². The van der Waals surface area contributed by atoms with Crippen LogP contribution in [-0.4, -0.2) is 58.1 Å². The first-order valence-electron chi connectivity index (χ1n) is 6.71. The number of sulfone groups is 1. The van der Waals surface area contributed by atoms with Crippen LogP contribution < -0.4 is 5.32 Å². The number of nitrogens with zero attached hydrogens (tertiary/aromatic N) is 1. The van der Waals surface area contributed by atoms with Crippen LogP contribution in [0.15, 0.2) is 0 Å². The van der Waals surface area contributed by atoms with E-state index in [1.807, 2.05) is 7.05 Å². The molecule has 0 spiro atoms. The minimum absolute atomic E-state index is 0.354. The third-order valence-electron chi connectivity index (χ3n) is 3.30. The van der Waals surface area contributed by atoms with Crippen LogP contribution in [0.5, 0.6) is 0 Å². The van der Waals surface area contributed by atoms with Crippen LogP contribution in [0.4, 0.5) is 0 Å². The van der Waals surface area contributed by atoms with Crippen LogP contribution in [0.25, 0.3) is 0 Å². The molecule has 0 radical (unpaired) electrons. The second-order valence-electron chi connectivity index (χ2n) is 4.86. The van der Waals surface area contributed by atoms with Crippen LogP contribution in [0, 0.1) is 0 Å². The molecule has 1 N–H and O–H groups in total. The van der Waals surface area contributed by atoms with Crippen molar-refractivity contribution in [1.29, 1.82) is 0 Å². The van der Waals surface area contributed by atoms with Gasteiger partial charge in [0.1, 0.15) is 0 Å². The topological polar surface area (TPSA) is 49.4 Å².